The molecular weight excluding hydrogens is 238 g/mol. The maximum atomic E-state index is 11.2. The number of aryl methyl sites for hydroxylation is 2. The number of hydrogen-bond acceptors (Lipinski definition) is 3. The Bertz CT molecular complexity index is 760. The number of fused-ring (bicyclic) bond motifs is 1. The Balaban J connectivity index is 2.44. The molecule has 0 aliphatic carbocycles. The van der Waals surface area contributed by atoms with E-state index in [1.54, 1.807) is 6.20 Å². The van der Waals surface area contributed by atoms with Crippen molar-refractivity contribution in [2.24, 2.45) is 7.05 Å². The van der Waals surface area contributed by atoms with Crippen molar-refractivity contribution in [1.29, 1.82) is 0 Å². The molecule has 0 spiro atoms. The molecule has 0 bridgehead atoms. The van der Waals surface area contributed by atoms with Gasteiger partial charge in [-0.2, -0.15) is 0 Å². The molecular formula is C15H13N3O. The van der Waals surface area contributed by atoms with E-state index in [9.17, 15) is 4.79 Å². The molecule has 19 heavy (non-hydrogen) atoms. The zero-order valence-electron chi connectivity index (χ0n) is 10.8. The fourth-order valence-corrected chi connectivity index (χ4v) is 2.31. The maximum absolute atomic E-state index is 11.2. The molecule has 3 rings (SSSR count). The molecule has 0 aliphatic rings. The average Bonchev–Trinajstić information content (AvgIpc) is 2.76. The van der Waals surface area contributed by atoms with Gasteiger partial charge in [-0.05, 0) is 6.92 Å². The largest absolute Gasteiger partial charge is 0.335 e. The minimum Gasteiger partial charge on any atom is -0.335 e. The third-order valence-corrected chi connectivity index (χ3v) is 3.13. The summed E-state index contributed by atoms with van der Waals surface area (Å²) in [5.41, 5.74) is 3.21. The van der Waals surface area contributed by atoms with Crippen LogP contribution in [-0.4, -0.2) is 20.8 Å². The molecule has 0 saturated carbocycles. The Labute approximate surface area is 110 Å². The van der Waals surface area contributed by atoms with Crippen molar-refractivity contribution >= 4 is 17.3 Å². The highest BCUT2D eigenvalue weighted by molar-refractivity contribution is 6.03. The van der Waals surface area contributed by atoms with Gasteiger partial charge in [0, 0.05) is 24.4 Å². The van der Waals surface area contributed by atoms with Crippen molar-refractivity contribution < 1.29 is 4.79 Å². The van der Waals surface area contributed by atoms with Gasteiger partial charge in [-0.15, -0.1) is 0 Å². The first kappa shape index (κ1) is 11.6. The fraction of sp³-hybridized carbons (Fsp3) is 0.133. The third kappa shape index (κ3) is 1.81. The Morgan fingerprint density at radius 3 is 2.58 bits per heavy atom. The Hall–Kier alpha value is -2.49. The fourth-order valence-electron chi connectivity index (χ4n) is 2.31. The summed E-state index contributed by atoms with van der Waals surface area (Å²) in [4.78, 5) is 20.2. The van der Waals surface area contributed by atoms with E-state index in [4.69, 9.17) is 0 Å². The monoisotopic (exact) mass is 251 g/mol. The van der Waals surface area contributed by atoms with Gasteiger partial charge in [-0.25, -0.2) is 9.97 Å². The molecule has 2 heterocycles. The normalized spacial score (nSPS) is 10.8. The quantitative estimate of drug-likeness (QED) is 0.658. The minimum atomic E-state index is 0.622. The van der Waals surface area contributed by atoms with Gasteiger partial charge in [-0.3, -0.25) is 4.79 Å². The van der Waals surface area contributed by atoms with E-state index in [1.807, 2.05) is 48.9 Å². The number of aromatic nitrogens is 3. The molecule has 0 saturated heterocycles. The zero-order chi connectivity index (χ0) is 13.4. The van der Waals surface area contributed by atoms with E-state index in [-0.39, 0.29) is 0 Å². The summed E-state index contributed by atoms with van der Waals surface area (Å²) in [6, 6.07) is 9.86. The lowest BCUT2D eigenvalue weighted by Crippen LogP contribution is -1.96. The van der Waals surface area contributed by atoms with Crippen molar-refractivity contribution in [2.45, 2.75) is 6.92 Å². The highest BCUT2D eigenvalue weighted by Gasteiger charge is 2.15. The molecule has 2 aromatic heterocycles. The molecule has 94 valence electrons. The summed E-state index contributed by atoms with van der Waals surface area (Å²) in [7, 11) is 1.89. The van der Waals surface area contributed by atoms with Crippen LogP contribution in [0.3, 0.4) is 0 Å². The molecule has 0 fully saturated rings. The van der Waals surface area contributed by atoms with Crippen LogP contribution in [0.25, 0.3) is 22.3 Å². The summed E-state index contributed by atoms with van der Waals surface area (Å²) < 4.78 is 1.86. The van der Waals surface area contributed by atoms with E-state index >= 15 is 0 Å². The van der Waals surface area contributed by atoms with E-state index in [0.29, 0.717) is 11.4 Å². The Kier molecular flexibility index (Phi) is 2.63. The van der Waals surface area contributed by atoms with Crippen molar-refractivity contribution in [3.05, 3.63) is 47.9 Å². The lowest BCUT2D eigenvalue weighted by Gasteiger charge is -2.05. The van der Waals surface area contributed by atoms with E-state index in [0.717, 1.165) is 28.6 Å². The predicted molar refractivity (Wildman–Crippen MR) is 74.1 cm³/mol. The van der Waals surface area contributed by atoms with Gasteiger partial charge in [0.25, 0.3) is 0 Å². The lowest BCUT2D eigenvalue weighted by atomic mass is 10.1. The average molecular weight is 251 g/mol. The number of nitrogens with zero attached hydrogens (tertiary/aromatic N) is 3. The van der Waals surface area contributed by atoms with Gasteiger partial charge in [0.05, 0.1) is 11.1 Å². The first-order valence-electron chi connectivity index (χ1n) is 6.05. The second kappa shape index (κ2) is 4.31. The van der Waals surface area contributed by atoms with Crippen LogP contribution >= 0.6 is 0 Å². The molecule has 3 aromatic rings. The van der Waals surface area contributed by atoms with Gasteiger partial charge >= 0.3 is 0 Å². The maximum Gasteiger partial charge on any atom is 0.152 e. The van der Waals surface area contributed by atoms with Gasteiger partial charge in [0.15, 0.2) is 6.29 Å². The molecule has 0 unspecified atom stereocenters. The topological polar surface area (TPSA) is 47.8 Å². The molecule has 0 aliphatic heterocycles. The smallest absolute Gasteiger partial charge is 0.152 e. The van der Waals surface area contributed by atoms with Crippen LogP contribution in [0.4, 0.5) is 0 Å². The molecule has 4 nitrogen and oxygen atoms in total. The van der Waals surface area contributed by atoms with E-state index < -0.39 is 0 Å². The number of benzene rings is 1. The predicted octanol–water partition coefficient (Wildman–Crippen LogP) is 2.76. The summed E-state index contributed by atoms with van der Waals surface area (Å²) in [6.45, 7) is 1.86. The number of aldehydes is 1. The van der Waals surface area contributed by atoms with Crippen molar-refractivity contribution in [3.63, 3.8) is 0 Å². The molecule has 1 aromatic carbocycles. The number of rotatable bonds is 2. The standard InChI is InChI=1S/C15H13N3O/c1-10-16-14(11-6-4-3-5-7-11)13-12(9-19)8-18(2)15(13)17-10/h3-9H,1-2H3. The summed E-state index contributed by atoms with van der Waals surface area (Å²) in [6.07, 6.45) is 2.64. The van der Waals surface area contributed by atoms with Crippen LogP contribution in [0.5, 0.6) is 0 Å². The van der Waals surface area contributed by atoms with Crippen molar-refractivity contribution in [1.82, 2.24) is 14.5 Å². The molecule has 0 radical (unpaired) electrons. The summed E-state index contributed by atoms with van der Waals surface area (Å²) >= 11 is 0. The van der Waals surface area contributed by atoms with Crippen LogP contribution in [0.1, 0.15) is 16.2 Å². The minimum absolute atomic E-state index is 0.622. The van der Waals surface area contributed by atoms with E-state index in [1.165, 1.54) is 0 Å². The number of carbonyl (C=O) groups is 1. The lowest BCUT2D eigenvalue weighted by molar-refractivity contribution is 0.112. The van der Waals surface area contributed by atoms with Crippen molar-refractivity contribution in [2.75, 3.05) is 0 Å². The molecule has 0 atom stereocenters. The Morgan fingerprint density at radius 1 is 1.16 bits per heavy atom. The van der Waals surface area contributed by atoms with Crippen LogP contribution < -0.4 is 0 Å². The SMILES string of the molecule is Cc1nc(-c2ccccc2)c2c(C=O)cn(C)c2n1. The van der Waals surface area contributed by atoms with Crippen LogP contribution in [0, 0.1) is 6.92 Å². The van der Waals surface area contributed by atoms with Crippen molar-refractivity contribution in [3.8, 4) is 11.3 Å². The van der Waals surface area contributed by atoms with Crippen LogP contribution in [0.2, 0.25) is 0 Å². The Morgan fingerprint density at radius 2 is 1.89 bits per heavy atom. The van der Waals surface area contributed by atoms with Gasteiger partial charge < -0.3 is 4.57 Å². The zero-order valence-corrected chi connectivity index (χ0v) is 10.8. The summed E-state index contributed by atoms with van der Waals surface area (Å²) in [5.74, 6) is 0.699. The third-order valence-electron chi connectivity index (χ3n) is 3.13. The highest BCUT2D eigenvalue weighted by Crippen LogP contribution is 2.28. The van der Waals surface area contributed by atoms with Gasteiger partial charge in [-0.1, -0.05) is 30.3 Å². The van der Waals surface area contributed by atoms with Crippen LogP contribution in [0.15, 0.2) is 36.5 Å². The van der Waals surface area contributed by atoms with Gasteiger partial charge in [0.1, 0.15) is 11.5 Å². The van der Waals surface area contributed by atoms with Gasteiger partial charge in [0.2, 0.25) is 0 Å². The molecule has 0 N–H and O–H groups in total. The highest BCUT2D eigenvalue weighted by atomic mass is 16.1. The second-order valence-electron chi connectivity index (χ2n) is 4.50. The number of hydrogen-bond donors (Lipinski definition) is 0. The molecule has 0 amide bonds. The molecule has 4 heteroatoms. The summed E-state index contributed by atoms with van der Waals surface area (Å²) in [5, 5.41) is 0.814. The van der Waals surface area contributed by atoms with E-state index in [2.05, 4.69) is 9.97 Å². The second-order valence-corrected chi connectivity index (χ2v) is 4.50. The van der Waals surface area contributed by atoms with Crippen LogP contribution in [-0.2, 0) is 7.05 Å². The number of carbonyl (C=O) groups excluding carboxylic acids is 1. The first-order valence-corrected chi connectivity index (χ1v) is 6.05. The first-order chi connectivity index (χ1) is 9.20.